The Morgan fingerprint density at radius 3 is 1.45 bits per heavy atom. The van der Waals surface area contributed by atoms with Crippen molar-refractivity contribution in [1.82, 2.24) is 0 Å². The topological polar surface area (TPSA) is 60.4 Å². The van der Waals surface area contributed by atoms with E-state index in [4.69, 9.17) is 5.11 Å². The molecule has 0 aromatic heterocycles. The quantitative estimate of drug-likeness (QED) is 0.143. The van der Waals surface area contributed by atoms with Gasteiger partial charge < -0.3 is 19.5 Å². The number of carbonyl (C=O) groups excluding carboxylic acids is 1. The van der Waals surface area contributed by atoms with Gasteiger partial charge in [-0.05, 0) is 66.2 Å². The Morgan fingerprint density at radius 1 is 0.742 bits per heavy atom. The summed E-state index contributed by atoms with van der Waals surface area (Å²) in [4.78, 5) is 9.34. The van der Waals surface area contributed by atoms with Crippen LogP contribution in [-0.4, -0.2) is 47.8 Å². The molecular formula is C27H55NO3. The first-order valence-corrected chi connectivity index (χ1v) is 13.3. The fourth-order valence-corrected chi connectivity index (χ4v) is 3.84. The summed E-state index contributed by atoms with van der Waals surface area (Å²) in [6.45, 7) is 15.8. The third-order valence-electron chi connectivity index (χ3n) is 6.50. The summed E-state index contributed by atoms with van der Waals surface area (Å²) in [5, 5.41) is 17.3. The number of carbonyl (C=O) groups is 1. The smallest absolute Gasteiger partial charge is 0.0905 e. The lowest BCUT2D eigenvalue weighted by atomic mass is 10.1. The van der Waals surface area contributed by atoms with Crippen LogP contribution in [0.4, 0.5) is 0 Å². The van der Waals surface area contributed by atoms with Crippen LogP contribution < -0.4 is 5.11 Å². The summed E-state index contributed by atoms with van der Waals surface area (Å²) in [5.41, 5.74) is 0. The van der Waals surface area contributed by atoms with Crippen molar-refractivity contribution in [1.29, 1.82) is 0 Å². The average molecular weight is 442 g/mol. The number of aliphatic hydroxyl groups excluding tert-OH is 1. The van der Waals surface area contributed by atoms with Crippen LogP contribution in [0.5, 0.6) is 0 Å². The average Bonchev–Trinajstić information content (AvgIpc) is 2.77. The number of carboxylic acid groups (broad SMARTS) is 1. The fraction of sp³-hybridized carbons (Fsp3) is 0.889. The maximum atomic E-state index is 9.34. The van der Waals surface area contributed by atoms with Crippen LogP contribution in [0.1, 0.15) is 125 Å². The minimum Gasteiger partial charge on any atom is -0.547 e. The highest BCUT2D eigenvalue weighted by Gasteiger charge is 2.19. The van der Waals surface area contributed by atoms with E-state index in [-0.39, 0.29) is 0 Å². The number of rotatable bonds is 20. The highest BCUT2D eigenvalue weighted by Crippen LogP contribution is 2.13. The molecule has 186 valence electrons. The Kier molecular flexibility index (Phi) is 24.8. The first kappa shape index (κ1) is 32.3. The molecule has 0 rings (SSSR count). The summed E-state index contributed by atoms with van der Waals surface area (Å²) in [5.74, 6) is -1.44. The molecule has 0 aliphatic heterocycles. The molecule has 0 aliphatic carbocycles. The molecule has 1 atom stereocenters. The van der Waals surface area contributed by atoms with Gasteiger partial charge in [0, 0.05) is 0 Å². The molecule has 0 saturated carbocycles. The van der Waals surface area contributed by atoms with Gasteiger partial charge in [-0.2, -0.15) is 0 Å². The third kappa shape index (κ3) is 22.1. The maximum Gasteiger partial charge on any atom is 0.0905 e. The van der Waals surface area contributed by atoms with Crippen molar-refractivity contribution in [3.8, 4) is 0 Å². The van der Waals surface area contributed by atoms with E-state index in [1.165, 1.54) is 121 Å². The lowest BCUT2D eigenvalue weighted by molar-refractivity contribution is -0.923. The van der Waals surface area contributed by atoms with Gasteiger partial charge >= 0.3 is 0 Å². The Labute approximate surface area is 194 Å². The molecule has 31 heavy (non-hydrogen) atoms. The third-order valence-corrected chi connectivity index (χ3v) is 6.50. The number of hydrogen-bond donors (Lipinski definition) is 1. The van der Waals surface area contributed by atoms with E-state index >= 15 is 0 Å². The maximum absolute atomic E-state index is 9.34. The molecule has 0 aliphatic rings. The summed E-state index contributed by atoms with van der Waals surface area (Å²) in [6.07, 6.45) is 23.2. The van der Waals surface area contributed by atoms with Crippen molar-refractivity contribution < 1.29 is 19.5 Å². The predicted molar refractivity (Wildman–Crippen MR) is 133 cm³/mol. The van der Waals surface area contributed by atoms with Crippen LogP contribution in [0.3, 0.4) is 0 Å². The van der Waals surface area contributed by atoms with E-state index in [9.17, 15) is 9.90 Å². The van der Waals surface area contributed by atoms with Gasteiger partial charge in [0.2, 0.25) is 0 Å². The molecule has 1 N–H and O–H groups in total. The van der Waals surface area contributed by atoms with Gasteiger partial charge in [0.1, 0.15) is 0 Å². The molecule has 0 aromatic rings. The molecule has 0 aromatic carbocycles. The largest absolute Gasteiger partial charge is 0.547 e. The molecule has 0 bridgehead atoms. The van der Waals surface area contributed by atoms with Crippen molar-refractivity contribution in [3.05, 3.63) is 12.2 Å². The number of nitrogens with zero attached hydrogens (tertiary/aromatic N) is 1. The van der Waals surface area contributed by atoms with E-state index in [1.807, 2.05) is 0 Å². The number of allylic oxidation sites excluding steroid dienone is 2. The van der Waals surface area contributed by atoms with Crippen molar-refractivity contribution in [2.24, 2.45) is 0 Å². The van der Waals surface area contributed by atoms with E-state index in [1.54, 1.807) is 0 Å². The van der Waals surface area contributed by atoms with E-state index in [0.29, 0.717) is 0 Å². The Hall–Kier alpha value is -0.870. The van der Waals surface area contributed by atoms with Gasteiger partial charge in [0.15, 0.2) is 0 Å². The number of aliphatic hydroxyl groups is 1. The number of quaternary nitrogens is 1. The minimum absolute atomic E-state index is 1.13. The lowest BCUT2D eigenvalue weighted by Crippen LogP contribution is -2.48. The molecular weight excluding hydrogens is 386 g/mol. The van der Waals surface area contributed by atoms with Gasteiger partial charge in [-0.25, -0.2) is 0 Å². The second-order valence-corrected chi connectivity index (χ2v) is 8.95. The first-order chi connectivity index (χ1) is 14.9. The standard InChI is InChI=1S/C24H50N.C3H6O3/c1-5-9-10-11-12-13-14-15-16-17-18-19-20-21-22-23-24-25(6-2,7-3)8-4;1-2(4)3(5)6/h15-16H,5-14,17-24H2,1-4H3;2,4H,1H3,(H,5,6)/q+1;/p-1. The molecule has 4 nitrogen and oxygen atoms in total. The zero-order valence-electron chi connectivity index (χ0n) is 21.7. The zero-order valence-corrected chi connectivity index (χ0v) is 21.7. The van der Waals surface area contributed by atoms with Gasteiger partial charge in [-0.3, -0.25) is 0 Å². The molecule has 0 spiro atoms. The highest BCUT2D eigenvalue weighted by molar-refractivity contribution is 5.68. The van der Waals surface area contributed by atoms with Crippen LogP contribution in [0.15, 0.2) is 12.2 Å². The fourth-order valence-electron chi connectivity index (χ4n) is 3.84. The predicted octanol–water partition coefficient (Wildman–Crippen LogP) is 6.02. The van der Waals surface area contributed by atoms with Crippen molar-refractivity contribution in [2.45, 2.75) is 131 Å². The van der Waals surface area contributed by atoms with E-state index in [0.717, 1.165) is 6.92 Å². The summed E-state index contributed by atoms with van der Waals surface area (Å²) < 4.78 is 1.32. The highest BCUT2D eigenvalue weighted by atomic mass is 16.4. The Balaban J connectivity index is 0. The van der Waals surface area contributed by atoms with Crippen LogP contribution in [0, 0.1) is 0 Å². The van der Waals surface area contributed by atoms with Crippen molar-refractivity contribution in [3.63, 3.8) is 0 Å². The lowest BCUT2D eigenvalue weighted by Gasteiger charge is -2.35. The minimum atomic E-state index is -1.44. The SMILES string of the molecule is CC(O)C(=O)[O-].CCCCCCCCC=CCCCCCCCC[N+](CC)(CC)CC. The number of carboxylic acids is 1. The second kappa shape index (κ2) is 23.8. The number of unbranched alkanes of at least 4 members (excludes halogenated alkanes) is 12. The molecule has 0 saturated heterocycles. The molecule has 1 unspecified atom stereocenters. The molecule has 0 fully saturated rings. The van der Waals surface area contributed by atoms with Crippen LogP contribution in [-0.2, 0) is 4.79 Å². The molecule has 4 heteroatoms. The summed E-state index contributed by atoms with van der Waals surface area (Å²) in [6, 6.07) is 0. The summed E-state index contributed by atoms with van der Waals surface area (Å²) in [7, 11) is 0. The zero-order chi connectivity index (χ0) is 23.8. The van der Waals surface area contributed by atoms with E-state index in [2.05, 4.69) is 39.8 Å². The molecule has 0 amide bonds. The Morgan fingerprint density at radius 2 is 1.10 bits per heavy atom. The van der Waals surface area contributed by atoms with Crippen LogP contribution in [0.25, 0.3) is 0 Å². The van der Waals surface area contributed by atoms with Gasteiger partial charge in [-0.1, -0.05) is 70.4 Å². The van der Waals surface area contributed by atoms with Gasteiger partial charge in [0.05, 0.1) is 38.3 Å². The second-order valence-electron chi connectivity index (χ2n) is 8.95. The monoisotopic (exact) mass is 441 g/mol. The van der Waals surface area contributed by atoms with Gasteiger partial charge in [-0.15, -0.1) is 0 Å². The van der Waals surface area contributed by atoms with Gasteiger partial charge in [0.25, 0.3) is 0 Å². The van der Waals surface area contributed by atoms with Crippen molar-refractivity contribution >= 4 is 5.97 Å². The number of aliphatic carboxylic acids is 1. The van der Waals surface area contributed by atoms with E-state index < -0.39 is 12.1 Å². The molecule has 0 heterocycles. The first-order valence-electron chi connectivity index (χ1n) is 13.3. The molecule has 0 radical (unpaired) electrons. The van der Waals surface area contributed by atoms with Crippen LogP contribution >= 0.6 is 0 Å². The normalized spacial score (nSPS) is 12.6. The summed E-state index contributed by atoms with van der Waals surface area (Å²) >= 11 is 0. The number of hydrogen-bond acceptors (Lipinski definition) is 3. The van der Waals surface area contributed by atoms with Crippen LogP contribution in [0.2, 0.25) is 0 Å². The Bertz CT molecular complexity index is 395. The van der Waals surface area contributed by atoms with Crippen molar-refractivity contribution in [2.75, 3.05) is 26.2 Å².